The van der Waals surface area contributed by atoms with Crippen LogP contribution in [0.25, 0.3) is 0 Å². The number of fused-ring (bicyclic) bond motifs is 2. The van der Waals surface area contributed by atoms with E-state index < -0.39 is 11.0 Å². The minimum absolute atomic E-state index is 0.105. The highest BCUT2D eigenvalue weighted by atomic mass is 35.5. The first-order chi connectivity index (χ1) is 23.9. The summed E-state index contributed by atoms with van der Waals surface area (Å²) in [7, 11) is 0.0168. The number of rotatable bonds is 6. The van der Waals surface area contributed by atoms with Crippen LogP contribution in [-0.4, -0.2) is 68.3 Å². The third-order valence-electron chi connectivity index (χ3n) is 10.8. The molecule has 2 bridgehead atoms. The molecule has 8 nitrogen and oxygen atoms in total. The summed E-state index contributed by atoms with van der Waals surface area (Å²) in [6, 6.07) is 11.9. The number of carbonyl (C=O) groups excluding carboxylic acids is 1. The summed E-state index contributed by atoms with van der Waals surface area (Å²) in [6.45, 7) is 12.3. The van der Waals surface area contributed by atoms with Crippen LogP contribution in [0, 0.1) is 23.7 Å². The summed E-state index contributed by atoms with van der Waals surface area (Å²) < 4.78 is 41.0. The molecule has 1 saturated heterocycles. The lowest BCUT2D eigenvalue weighted by Crippen LogP contribution is -2.47. The fourth-order valence-electron chi connectivity index (χ4n) is 8.12. The van der Waals surface area contributed by atoms with Crippen LogP contribution in [0.5, 0.6) is 5.75 Å². The molecule has 4 aliphatic rings. The number of hydrogen-bond acceptors (Lipinski definition) is 7. The number of carbonyl (C=O) groups is 1. The molecule has 2 fully saturated rings. The van der Waals surface area contributed by atoms with Gasteiger partial charge in [-0.05, 0) is 97.7 Å². The van der Waals surface area contributed by atoms with Gasteiger partial charge in [0.25, 0.3) is 5.91 Å². The van der Waals surface area contributed by atoms with Crippen LogP contribution in [0.3, 0.4) is 0 Å². The van der Waals surface area contributed by atoms with E-state index in [2.05, 4.69) is 35.6 Å². The van der Waals surface area contributed by atoms with Crippen molar-refractivity contribution in [3.8, 4) is 5.75 Å². The lowest BCUT2D eigenvalue weighted by molar-refractivity contribution is -0.224. The third-order valence-corrected chi connectivity index (χ3v) is 12.6. The quantitative estimate of drug-likeness (QED) is 0.325. The van der Waals surface area contributed by atoms with Crippen LogP contribution in [0.1, 0.15) is 100 Å². The van der Waals surface area contributed by atoms with E-state index in [0.717, 1.165) is 94.1 Å². The van der Waals surface area contributed by atoms with Gasteiger partial charge in [-0.15, -0.1) is 0 Å². The Kier molecular flexibility index (Phi) is 14.3. The Hall–Kier alpha value is -2.17. The second-order valence-corrected chi connectivity index (χ2v) is 15.8. The Bertz CT molecular complexity index is 1400. The molecular weight excluding hydrogens is 660 g/mol. The number of nitrogens with zero attached hydrogens (tertiary/aromatic N) is 1. The van der Waals surface area contributed by atoms with E-state index in [4.69, 9.17) is 30.5 Å². The van der Waals surface area contributed by atoms with Gasteiger partial charge in [-0.1, -0.05) is 58.2 Å². The molecular formula is C39H57ClN2O6S. The van der Waals surface area contributed by atoms with Crippen molar-refractivity contribution in [2.24, 2.45) is 23.7 Å². The molecule has 49 heavy (non-hydrogen) atoms. The zero-order valence-corrected chi connectivity index (χ0v) is 31.7. The minimum atomic E-state index is -1.61. The van der Waals surface area contributed by atoms with Gasteiger partial charge in [0.1, 0.15) is 16.7 Å². The highest BCUT2D eigenvalue weighted by molar-refractivity contribution is 7.84. The molecule has 0 aromatic heterocycles. The molecule has 7 unspecified atom stereocenters. The van der Waals surface area contributed by atoms with Crippen LogP contribution >= 0.6 is 11.6 Å². The van der Waals surface area contributed by atoms with Crippen LogP contribution in [0.2, 0.25) is 5.02 Å². The fraction of sp³-hybridized carbons (Fsp3) is 0.667. The maximum absolute atomic E-state index is 13.6. The molecule has 6 rings (SSSR count). The average Bonchev–Trinajstić information content (AvgIpc) is 3.28. The second kappa shape index (κ2) is 18.4. The van der Waals surface area contributed by atoms with Crippen LogP contribution in [-0.2, 0) is 31.6 Å². The molecule has 7 atom stereocenters. The van der Waals surface area contributed by atoms with E-state index >= 15 is 0 Å². The van der Waals surface area contributed by atoms with Crippen LogP contribution < -0.4 is 14.4 Å². The summed E-state index contributed by atoms with van der Waals surface area (Å²) in [4.78, 5) is 16.0. The molecule has 3 aliphatic heterocycles. The zero-order valence-electron chi connectivity index (χ0n) is 30.1. The largest absolute Gasteiger partial charge is 0.491 e. The second-order valence-electron chi connectivity index (χ2n) is 13.9. The fourth-order valence-corrected chi connectivity index (χ4v) is 9.58. The van der Waals surface area contributed by atoms with Crippen molar-refractivity contribution in [2.45, 2.75) is 96.5 Å². The predicted molar refractivity (Wildman–Crippen MR) is 198 cm³/mol. The van der Waals surface area contributed by atoms with E-state index in [1.165, 1.54) is 11.1 Å². The number of ether oxygens (including phenoxy) is 4. The summed E-state index contributed by atoms with van der Waals surface area (Å²) in [6.07, 6.45) is 7.91. The van der Waals surface area contributed by atoms with Gasteiger partial charge < -0.3 is 23.8 Å². The van der Waals surface area contributed by atoms with Crippen molar-refractivity contribution in [1.82, 2.24) is 4.72 Å². The van der Waals surface area contributed by atoms with Crippen molar-refractivity contribution in [2.75, 3.05) is 51.5 Å². The first-order valence-electron chi connectivity index (χ1n) is 18.6. The molecule has 1 saturated carbocycles. The van der Waals surface area contributed by atoms with Gasteiger partial charge in [0.15, 0.2) is 6.29 Å². The third kappa shape index (κ3) is 9.20. The number of amides is 1. The molecule has 272 valence electrons. The summed E-state index contributed by atoms with van der Waals surface area (Å²) >= 11 is 6.46. The molecule has 3 heterocycles. The SMILES string of the molecule is CC.CCCc1cc(Cl)ccc1C1COc2ccc3cc2N(C1)CC1CCC1C(C1OCCCO1)CCCC(C)C(COC)S(=O)NC3=O. The van der Waals surface area contributed by atoms with Crippen molar-refractivity contribution in [3.63, 3.8) is 0 Å². The van der Waals surface area contributed by atoms with Gasteiger partial charge >= 0.3 is 0 Å². The van der Waals surface area contributed by atoms with Crippen molar-refractivity contribution in [3.05, 3.63) is 58.1 Å². The van der Waals surface area contributed by atoms with Crippen molar-refractivity contribution < 1.29 is 28.0 Å². The predicted octanol–water partition coefficient (Wildman–Crippen LogP) is 7.94. The number of halogens is 1. The normalized spacial score (nSPS) is 29.6. The smallest absolute Gasteiger partial charge is 0.263 e. The maximum Gasteiger partial charge on any atom is 0.263 e. The maximum atomic E-state index is 13.6. The van der Waals surface area contributed by atoms with Crippen molar-refractivity contribution >= 4 is 34.2 Å². The topological polar surface area (TPSA) is 86.3 Å². The summed E-state index contributed by atoms with van der Waals surface area (Å²) in [5, 5.41) is 0.442. The monoisotopic (exact) mass is 716 g/mol. The standard InChI is InChI=1S/C37H51ClN2O6S.C2H6/c1-4-7-25-18-29(38)12-14-30(25)28-21-40-20-27-10-13-31(27)32(37-44-16-6-17-45-37)9-5-8-24(2)35(23-43-3)47(42)39-36(41)26-11-15-34(46-22-28)33(40)19-26;1-2/h11-12,14-15,18-19,24,27-28,31-32,35,37H,4-10,13,16-17,20-23H2,1-3H3,(H,39,41);1-2H3. The molecule has 2 aromatic carbocycles. The van der Waals surface area contributed by atoms with E-state index in [-0.39, 0.29) is 29.3 Å². The van der Waals surface area contributed by atoms with Gasteiger partial charge in [-0.25, -0.2) is 4.21 Å². The van der Waals surface area contributed by atoms with Crippen molar-refractivity contribution in [1.29, 1.82) is 0 Å². The first-order valence-corrected chi connectivity index (χ1v) is 20.2. The zero-order chi connectivity index (χ0) is 34.9. The number of anilines is 1. The first kappa shape index (κ1) is 38.1. The number of benzene rings is 2. The summed E-state index contributed by atoms with van der Waals surface area (Å²) in [5.41, 5.74) is 3.93. The van der Waals surface area contributed by atoms with Crippen LogP contribution in [0.4, 0.5) is 5.69 Å². The average molecular weight is 717 g/mol. The Morgan fingerprint density at radius 3 is 2.51 bits per heavy atom. The van der Waals surface area contributed by atoms with Gasteiger partial charge in [-0.2, -0.15) is 0 Å². The van der Waals surface area contributed by atoms with E-state index in [1.807, 2.05) is 32.0 Å². The van der Waals surface area contributed by atoms with Gasteiger partial charge in [0.2, 0.25) is 0 Å². The van der Waals surface area contributed by atoms with Crippen LogP contribution in [0.15, 0.2) is 36.4 Å². The van der Waals surface area contributed by atoms with E-state index in [0.29, 0.717) is 36.5 Å². The number of aryl methyl sites for hydroxylation is 1. The number of nitrogens with one attached hydrogen (secondary N) is 1. The molecule has 2 aromatic rings. The Labute approximate surface area is 301 Å². The minimum Gasteiger partial charge on any atom is -0.491 e. The molecule has 0 radical (unpaired) electrons. The van der Waals surface area contributed by atoms with Gasteiger partial charge in [0, 0.05) is 42.6 Å². The summed E-state index contributed by atoms with van der Waals surface area (Å²) in [5.74, 6) is 1.92. The number of hydrogen-bond donors (Lipinski definition) is 1. The molecule has 1 aliphatic carbocycles. The van der Waals surface area contributed by atoms with Gasteiger partial charge in [-0.3, -0.25) is 9.52 Å². The highest BCUT2D eigenvalue weighted by Gasteiger charge is 2.43. The van der Waals surface area contributed by atoms with E-state index in [1.54, 1.807) is 13.2 Å². The Morgan fingerprint density at radius 2 is 1.80 bits per heavy atom. The molecule has 1 N–H and O–H groups in total. The number of methoxy groups -OCH3 is 1. The van der Waals surface area contributed by atoms with Gasteiger partial charge in [0.05, 0.1) is 37.4 Å². The Balaban J connectivity index is 0.00000230. The molecule has 1 amide bonds. The lowest BCUT2D eigenvalue weighted by atomic mass is 9.65. The molecule has 10 heteroatoms. The molecule has 0 spiro atoms. The highest BCUT2D eigenvalue weighted by Crippen LogP contribution is 2.47. The lowest BCUT2D eigenvalue weighted by Gasteiger charge is -2.47. The van der Waals surface area contributed by atoms with E-state index in [9.17, 15) is 9.00 Å². The Morgan fingerprint density at radius 1 is 1.00 bits per heavy atom.